The lowest BCUT2D eigenvalue weighted by Crippen LogP contribution is -2.29. The first-order valence-corrected chi connectivity index (χ1v) is 6.11. The Balaban J connectivity index is 2.15. The zero-order chi connectivity index (χ0) is 11.5. The summed E-state index contributed by atoms with van der Waals surface area (Å²) in [5.74, 6) is 5.61. The normalized spacial score (nSPS) is 12.9. The van der Waals surface area contributed by atoms with E-state index in [1.807, 2.05) is 24.1 Å². The second kappa shape index (κ2) is 4.78. The van der Waals surface area contributed by atoms with Gasteiger partial charge in [-0.2, -0.15) is 16.4 Å². The number of nitrogens with one attached hydrogen (secondary N) is 1. The minimum Gasteiger partial charge on any atom is -0.276 e. The van der Waals surface area contributed by atoms with Gasteiger partial charge in [-0.15, -0.1) is 0 Å². The average molecular weight is 236 g/mol. The van der Waals surface area contributed by atoms with Crippen molar-refractivity contribution in [2.75, 3.05) is 0 Å². The van der Waals surface area contributed by atoms with E-state index in [1.165, 1.54) is 16.7 Å². The maximum atomic E-state index is 5.61. The van der Waals surface area contributed by atoms with Crippen LogP contribution in [0.1, 0.15) is 22.7 Å². The van der Waals surface area contributed by atoms with Crippen LogP contribution in [0.5, 0.6) is 0 Å². The molecule has 0 fully saturated rings. The van der Waals surface area contributed by atoms with Gasteiger partial charge < -0.3 is 0 Å². The van der Waals surface area contributed by atoms with Crippen LogP contribution < -0.4 is 11.3 Å². The molecule has 0 amide bonds. The van der Waals surface area contributed by atoms with Crippen molar-refractivity contribution in [3.05, 3.63) is 39.8 Å². The van der Waals surface area contributed by atoms with Gasteiger partial charge in [0.15, 0.2) is 0 Å². The van der Waals surface area contributed by atoms with E-state index in [0.717, 1.165) is 6.42 Å². The lowest BCUT2D eigenvalue weighted by molar-refractivity contribution is 0.551. The van der Waals surface area contributed by atoms with Crippen molar-refractivity contribution in [3.63, 3.8) is 0 Å². The van der Waals surface area contributed by atoms with Crippen LogP contribution in [0.3, 0.4) is 0 Å². The fourth-order valence-electron chi connectivity index (χ4n) is 1.80. The van der Waals surface area contributed by atoms with Gasteiger partial charge in [0.1, 0.15) is 0 Å². The van der Waals surface area contributed by atoms with Crippen molar-refractivity contribution in [3.8, 4) is 0 Å². The number of hydrogen-bond donors (Lipinski definition) is 2. The number of aryl methyl sites for hydroxylation is 2. The minimum absolute atomic E-state index is 0.162. The van der Waals surface area contributed by atoms with E-state index in [0.29, 0.717) is 0 Å². The number of hydrazine groups is 1. The van der Waals surface area contributed by atoms with Crippen LogP contribution in [0.15, 0.2) is 23.2 Å². The molecule has 0 bridgehead atoms. The maximum Gasteiger partial charge on any atom is 0.0522 e. The highest BCUT2D eigenvalue weighted by Crippen LogP contribution is 2.24. The third-order valence-corrected chi connectivity index (χ3v) is 3.55. The molecule has 0 aliphatic carbocycles. The summed E-state index contributed by atoms with van der Waals surface area (Å²) in [6, 6.07) is 0.162. The van der Waals surface area contributed by atoms with Gasteiger partial charge in [0.05, 0.1) is 12.2 Å². The molecule has 16 heavy (non-hydrogen) atoms. The molecule has 0 spiro atoms. The van der Waals surface area contributed by atoms with Gasteiger partial charge in [-0.3, -0.25) is 16.0 Å². The summed E-state index contributed by atoms with van der Waals surface area (Å²) in [6.45, 7) is 2.11. The molecule has 3 N–H and O–H groups in total. The van der Waals surface area contributed by atoms with E-state index in [-0.39, 0.29) is 6.04 Å². The lowest BCUT2D eigenvalue weighted by atomic mass is 10.0. The highest BCUT2D eigenvalue weighted by atomic mass is 32.1. The van der Waals surface area contributed by atoms with Crippen LogP contribution in [-0.2, 0) is 13.5 Å². The Hall–Kier alpha value is -1.17. The van der Waals surface area contributed by atoms with E-state index < -0.39 is 0 Å². The van der Waals surface area contributed by atoms with Crippen LogP contribution in [-0.4, -0.2) is 9.78 Å². The van der Waals surface area contributed by atoms with Gasteiger partial charge in [0, 0.05) is 13.2 Å². The van der Waals surface area contributed by atoms with Gasteiger partial charge in [-0.1, -0.05) is 0 Å². The molecule has 0 aliphatic heterocycles. The summed E-state index contributed by atoms with van der Waals surface area (Å²) >= 11 is 1.71. The van der Waals surface area contributed by atoms with Crippen molar-refractivity contribution in [1.82, 2.24) is 15.2 Å². The molecule has 1 unspecified atom stereocenters. The Morgan fingerprint density at radius 1 is 1.56 bits per heavy atom. The number of hydrogen-bond acceptors (Lipinski definition) is 4. The van der Waals surface area contributed by atoms with E-state index in [1.54, 1.807) is 11.3 Å². The minimum atomic E-state index is 0.162. The molecular weight excluding hydrogens is 220 g/mol. The standard InChI is InChI=1S/C11H16N4S/c1-8-6-16-7-10(8)11(14-12)3-9-4-13-15(2)5-9/h4-7,11,14H,3,12H2,1-2H3. The topological polar surface area (TPSA) is 55.9 Å². The van der Waals surface area contributed by atoms with Crippen molar-refractivity contribution in [2.24, 2.45) is 12.9 Å². The first kappa shape index (κ1) is 11.3. The van der Waals surface area contributed by atoms with Crippen molar-refractivity contribution in [2.45, 2.75) is 19.4 Å². The zero-order valence-corrected chi connectivity index (χ0v) is 10.3. The molecule has 2 rings (SSSR count). The maximum absolute atomic E-state index is 5.61. The molecule has 0 radical (unpaired) electrons. The van der Waals surface area contributed by atoms with Crippen molar-refractivity contribution in [1.29, 1.82) is 0 Å². The molecule has 0 aromatic carbocycles. The largest absolute Gasteiger partial charge is 0.276 e. The Labute approximate surface area is 99.1 Å². The highest BCUT2D eigenvalue weighted by Gasteiger charge is 2.14. The molecule has 0 saturated carbocycles. The van der Waals surface area contributed by atoms with Crippen molar-refractivity contribution < 1.29 is 0 Å². The Morgan fingerprint density at radius 2 is 2.38 bits per heavy atom. The third-order valence-electron chi connectivity index (χ3n) is 2.67. The number of nitrogens with zero attached hydrogens (tertiary/aromatic N) is 2. The van der Waals surface area contributed by atoms with E-state index in [2.05, 4.69) is 28.2 Å². The molecule has 2 aromatic heterocycles. The predicted molar refractivity (Wildman–Crippen MR) is 66.0 cm³/mol. The molecule has 0 saturated heterocycles. The number of thiophene rings is 1. The molecule has 1 atom stereocenters. The summed E-state index contributed by atoms with van der Waals surface area (Å²) in [5.41, 5.74) is 6.63. The van der Waals surface area contributed by atoms with Gasteiger partial charge in [-0.25, -0.2) is 0 Å². The van der Waals surface area contributed by atoms with Crippen LogP contribution in [0.4, 0.5) is 0 Å². The Bertz CT molecular complexity index is 460. The number of aromatic nitrogens is 2. The first-order chi connectivity index (χ1) is 7.70. The molecule has 86 valence electrons. The smallest absolute Gasteiger partial charge is 0.0522 e. The van der Waals surface area contributed by atoms with Gasteiger partial charge >= 0.3 is 0 Å². The SMILES string of the molecule is Cc1cscc1C(Cc1cnn(C)c1)NN. The summed E-state index contributed by atoms with van der Waals surface area (Å²) < 4.78 is 1.81. The fraction of sp³-hybridized carbons (Fsp3) is 0.364. The Kier molecular flexibility index (Phi) is 3.38. The predicted octanol–water partition coefficient (Wildman–Crippen LogP) is 1.54. The summed E-state index contributed by atoms with van der Waals surface area (Å²) in [4.78, 5) is 0. The van der Waals surface area contributed by atoms with Crippen LogP contribution in [0.2, 0.25) is 0 Å². The van der Waals surface area contributed by atoms with E-state index in [9.17, 15) is 0 Å². The van der Waals surface area contributed by atoms with Gasteiger partial charge in [0.2, 0.25) is 0 Å². The summed E-state index contributed by atoms with van der Waals surface area (Å²) in [7, 11) is 1.92. The second-order valence-electron chi connectivity index (χ2n) is 3.96. The zero-order valence-electron chi connectivity index (χ0n) is 9.47. The number of nitrogens with two attached hydrogens (primary N) is 1. The number of rotatable bonds is 4. The van der Waals surface area contributed by atoms with Crippen LogP contribution in [0.25, 0.3) is 0 Å². The third kappa shape index (κ3) is 2.32. The van der Waals surface area contributed by atoms with E-state index >= 15 is 0 Å². The highest BCUT2D eigenvalue weighted by molar-refractivity contribution is 7.08. The molecular formula is C11H16N4S. The molecule has 0 aliphatic rings. The first-order valence-electron chi connectivity index (χ1n) is 5.17. The Morgan fingerprint density at radius 3 is 2.88 bits per heavy atom. The summed E-state index contributed by atoms with van der Waals surface area (Å²) in [5, 5.41) is 8.45. The quantitative estimate of drug-likeness (QED) is 0.625. The van der Waals surface area contributed by atoms with E-state index in [4.69, 9.17) is 5.84 Å². The molecule has 4 nitrogen and oxygen atoms in total. The molecule has 2 aromatic rings. The van der Waals surface area contributed by atoms with Gasteiger partial charge in [-0.05, 0) is 40.8 Å². The molecule has 2 heterocycles. The van der Waals surface area contributed by atoms with Crippen LogP contribution >= 0.6 is 11.3 Å². The second-order valence-corrected chi connectivity index (χ2v) is 4.70. The monoisotopic (exact) mass is 236 g/mol. The van der Waals surface area contributed by atoms with Crippen LogP contribution in [0, 0.1) is 6.92 Å². The fourth-order valence-corrected chi connectivity index (χ4v) is 2.70. The van der Waals surface area contributed by atoms with Gasteiger partial charge in [0.25, 0.3) is 0 Å². The van der Waals surface area contributed by atoms with Crippen molar-refractivity contribution >= 4 is 11.3 Å². The average Bonchev–Trinajstić information content (AvgIpc) is 2.84. The lowest BCUT2D eigenvalue weighted by Gasteiger charge is -2.14. The summed E-state index contributed by atoms with van der Waals surface area (Å²) in [6.07, 6.45) is 4.76. The molecule has 5 heteroatoms.